The summed E-state index contributed by atoms with van der Waals surface area (Å²) in [7, 11) is 1.40. The second-order valence-corrected chi connectivity index (χ2v) is 6.03. The van der Waals surface area contributed by atoms with Crippen molar-refractivity contribution in [3.8, 4) is 0 Å². The van der Waals surface area contributed by atoms with Crippen LogP contribution in [0, 0.1) is 29.6 Å². The average molecular weight is 238 g/mol. The Morgan fingerprint density at radius 3 is 2.65 bits per heavy atom. The standard InChI is InChI=1S/C13H18O4/c1-13(2)10-6-4-5-7(10)9(12(15)17-13)8(6)11(14)16-3/h6-10H,4-5H2,1-3H3/t6-,7+,8+,9+,10+/m1/s1. The molecule has 0 aromatic heterocycles. The van der Waals surface area contributed by atoms with Crippen molar-refractivity contribution < 1.29 is 19.1 Å². The number of carbonyl (C=O) groups excluding carboxylic acids is 2. The molecule has 0 aromatic carbocycles. The highest BCUT2D eigenvalue weighted by Gasteiger charge is 2.68. The number of hydrogen-bond acceptors (Lipinski definition) is 4. The van der Waals surface area contributed by atoms with Crippen LogP contribution in [0.3, 0.4) is 0 Å². The number of ether oxygens (including phenoxy) is 2. The van der Waals surface area contributed by atoms with Crippen LogP contribution < -0.4 is 0 Å². The number of hydrogen-bond donors (Lipinski definition) is 0. The highest BCUT2D eigenvalue weighted by molar-refractivity contribution is 5.85. The minimum absolute atomic E-state index is 0.200. The Balaban J connectivity index is 2.03. The third-order valence-corrected chi connectivity index (χ3v) is 4.98. The van der Waals surface area contributed by atoms with Gasteiger partial charge in [0.2, 0.25) is 0 Å². The largest absolute Gasteiger partial charge is 0.469 e. The molecule has 4 bridgehead atoms. The second-order valence-electron chi connectivity index (χ2n) is 6.03. The summed E-state index contributed by atoms with van der Waals surface area (Å²) < 4.78 is 10.4. The summed E-state index contributed by atoms with van der Waals surface area (Å²) in [5.41, 5.74) is -0.428. The second kappa shape index (κ2) is 3.24. The topological polar surface area (TPSA) is 52.6 Å². The van der Waals surface area contributed by atoms with Crippen LogP contribution in [-0.4, -0.2) is 24.6 Å². The zero-order valence-electron chi connectivity index (χ0n) is 10.4. The third kappa shape index (κ3) is 1.24. The summed E-state index contributed by atoms with van der Waals surface area (Å²) in [6.45, 7) is 3.94. The van der Waals surface area contributed by atoms with Crippen LogP contribution >= 0.6 is 0 Å². The van der Waals surface area contributed by atoms with Gasteiger partial charge in [-0.15, -0.1) is 0 Å². The van der Waals surface area contributed by atoms with Crippen molar-refractivity contribution in [2.24, 2.45) is 29.6 Å². The van der Waals surface area contributed by atoms with Crippen molar-refractivity contribution in [1.29, 1.82) is 0 Å². The number of carbonyl (C=O) groups is 2. The van der Waals surface area contributed by atoms with Gasteiger partial charge in [0, 0.05) is 5.92 Å². The number of rotatable bonds is 1. The van der Waals surface area contributed by atoms with Crippen molar-refractivity contribution in [2.75, 3.05) is 7.11 Å². The Morgan fingerprint density at radius 2 is 2.00 bits per heavy atom. The first-order valence-corrected chi connectivity index (χ1v) is 6.28. The van der Waals surface area contributed by atoms with Gasteiger partial charge in [0.25, 0.3) is 0 Å². The third-order valence-electron chi connectivity index (χ3n) is 4.98. The lowest BCUT2D eigenvalue weighted by atomic mass is 9.77. The molecule has 3 aliphatic rings. The van der Waals surface area contributed by atoms with E-state index < -0.39 is 5.60 Å². The number of methoxy groups -OCH3 is 1. The molecular weight excluding hydrogens is 220 g/mol. The maximum Gasteiger partial charge on any atom is 0.310 e. The van der Waals surface area contributed by atoms with Crippen LogP contribution in [0.25, 0.3) is 0 Å². The average Bonchev–Trinajstić information content (AvgIpc) is 2.79. The predicted molar refractivity (Wildman–Crippen MR) is 58.9 cm³/mol. The smallest absolute Gasteiger partial charge is 0.310 e. The summed E-state index contributed by atoms with van der Waals surface area (Å²) in [4.78, 5) is 23.9. The maximum atomic E-state index is 12.1. The fraction of sp³-hybridized carbons (Fsp3) is 0.846. The van der Waals surface area contributed by atoms with E-state index in [2.05, 4.69) is 0 Å². The summed E-state index contributed by atoms with van der Waals surface area (Å²) in [6, 6.07) is 0. The van der Waals surface area contributed by atoms with Crippen LogP contribution in [-0.2, 0) is 19.1 Å². The Labute approximate surface area is 101 Å². The van der Waals surface area contributed by atoms with E-state index in [0.717, 1.165) is 12.8 Å². The molecule has 1 aliphatic heterocycles. The lowest BCUT2D eigenvalue weighted by molar-refractivity contribution is -0.181. The van der Waals surface area contributed by atoms with Gasteiger partial charge in [-0.2, -0.15) is 0 Å². The molecular formula is C13H18O4. The maximum absolute atomic E-state index is 12.1. The van der Waals surface area contributed by atoms with Crippen LogP contribution in [0.4, 0.5) is 0 Å². The fourth-order valence-corrected chi connectivity index (χ4v) is 4.61. The van der Waals surface area contributed by atoms with E-state index in [1.54, 1.807) is 0 Å². The van der Waals surface area contributed by atoms with Crippen molar-refractivity contribution >= 4 is 11.9 Å². The SMILES string of the molecule is COC(=O)[C@H]1[C@H]2CC[C@H]3[C@@H]1C(=O)OC(C)(C)[C@@H]23. The van der Waals surface area contributed by atoms with Gasteiger partial charge in [-0.1, -0.05) is 0 Å². The summed E-state index contributed by atoms with van der Waals surface area (Å²) >= 11 is 0. The van der Waals surface area contributed by atoms with Gasteiger partial charge in [0.05, 0.1) is 18.9 Å². The normalized spacial score (nSPS) is 45.6. The first kappa shape index (κ1) is 11.1. The predicted octanol–water partition coefficient (Wildman–Crippen LogP) is 1.38. The van der Waals surface area contributed by atoms with Crippen LogP contribution in [0.15, 0.2) is 0 Å². The first-order chi connectivity index (χ1) is 7.97. The van der Waals surface area contributed by atoms with Gasteiger partial charge >= 0.3 is 11.9 Å². The minimum Gasteiger partial charge on any atom is -0.469 e. The molecule has 0 aromatic rings. The van der Waals surface area contributed by atoms with Crippen molar-refractivity contribution in [1.82, 2.24) is 0 Å². The quantitative estimate of drug-likeness (QED) is 0.648. The van der Waals surface area contributed by atoms with Gasteiger partial charge in [-0.3, -0.25) is 9.59 Å². The lowest BCUT2D eigenvalue weighted by Crippen LogP contribution is -2.46. The van der Waals surface area contributed by atoms with Gasteiger partial charge in [0.1, 0.15) is 5.60 Å². The summed E-state index contributed by atoms with van der Waals surface area (Å²) in [5.74, 6) is -0.0403. The summed E-state index contributed by atoms with van der Waals surface area (Å²) in [5, 5.41) is 0. The molecule has 2 saturated carbocycles. The fourth-order valence-electron chi connectivity index (χ4n) is 4.61. The Bertz CT molecular complexity index is 387. The molecule has 2 aliphatic carbocycles. The number of esters is 2. The molecule has 3 rings (SSSR count). The zero-order valence-corrected chi connectivity index (χ0v) is 10.4. The molecule has 1 saturated heterocycles. The Morgan fingerprint density at radius 1 is 1.35 bits per heavy atom. The molecule has 17 heavy (non-hydrogen) atoms. The van der Waals surface area contributed by atoms with E-state index in [-0.39, 0.29) is 29.7 Å². The first-order valence-electron chi connectivity index (χ1n) is 6.28. The molecule has 0 amide bonds. The van der Waals surface area contributed by atoms with Crippen molar-refractivity contribution in [3.63, 3.8) is 0 Å². The lowest BCUT2D eigenvalue weighted by Gasteiger charge is -2.39. The zero-order chi connectivity index (χ0) is 12.4. The minimum atomic E-state index is -0.428. The van der Waals surface area contributed by atoms with E-state index in [4.69, 9.17) is 9.47 Å². The molecule has 4 heteroatoms. The van der Waals surface area contributed by atoms with E-state index in [0.29, 0.717) is 11.8 Å². The van der Waals surface area contributed by atoms with E-state index in [1.807, 2.05) is 13.8 Å². The molecule has 5 atom stereocenters. The van der Waals surface area contributed by atoms with Gasteiger partial charge in [-0.05, 0) is 38.5 Å². The molecule has 0 spiro atoms. The van der Waals surface area contributed by atoms with Gasteiger partial charge < -0.3 is 9.47 Å². The Hall–Kier alpha value is -1.06. The van der Waals surface area contributed by atoms with Crippen molar-refractivity contribution in [3.05, 3.63) is 0 Å². The molecule has 1 heterocycles. The van der Waals surface area contributed by atoms with Gasteiger partial charge in [0.15, 0.2) is 0 Å². The molecule has 94 valence electrons. The van der Waals surface area contributed by atoms with Gasteiger partial charge in [-0.25, -0.2) is 0 Å². The monoisotopic (exact) mass is 238 g/mol. The number of cyclic esters (lactones) is 1. The van der Waals surface area contributed by atoms with E-state index in [9.17, 15) is 9.59 Å². The molecule has 0 radical (unpaired) electrons. The Kier molecular flexibility index (Phi) is 2.11. The highest BCUT2D eigenvalue weighted by Crippen LogP contribution is 2.63. The molecule has 0 N–H and O–H groups in total. The van der Waals surface area contributed by atoms with E-state index >= 15 is 0 Å². The van der Waals surface area contributed by atoms with Crippen molar-refractivity contribution in [2.45, 2.75) is 32.3 Å². The summed E-state index contributed by atoms with van der Waals surface area (Å²) in [6.07, 6.45) is 2.07. The van der Waals surface area contributed by atoms with E-state index in [1.165, 1.54) is 7.11 Å². The van der Waals surface area contributed by atoms with Crippen LogP contribution in [0.2, 0.25) is 0 Å². The van der Waals surface area contributed by atoms with Crippen LogP contribution in [0.5, 0.6) is 0 Å². The highest BCUT2D eigenvalue weighted by atomic mass is 16.6. The molecule has 4 nitrogen and oxygen atoms in total. The van der Waals surface area contributed by atoms with Crippen LogP contribution in [0.1, 0.15) is 26.7 Å². The molecule has 3 fully saturated rings. The molecule has 0 unspecified atom stereocenters.